The van der Waals surface area contributed by atoms with E-state index in [1.807, 2.05) is 103 Å². The monoisotopic (exact) mass is 869 g/mol. The summed E-state index contributed by atoms with van der Waals surface area (Å²) in [5.74, 6) is -1.84. The van der Waals surface area contributed by atoms with Crippen molar-refractivity contribution in [3.05, 3.63) is 148 Å². The molecule has 4 unspecified atom stereocenters. The molecule has 2 fully saturated rings. The number of hydrogen-bond acceptors (Lipinski definition) is 15. The number of azide groups is 1. The summed E-state index contributed by atoms with van der Waals surface area (Å²) in [7, 11) is 2.72. The van der Waals surface area contributed by atoms with E-state index < -0.39 is 79.3 Å². The van der Waals surface area contributed by atoms with Gasteiger partial charge in [0.15, 0.2) is 18.5 Å². The van der Waals surface area contributed by atoms with E-state index in [0.717, 1.165) is 37.6 Å². The van der Waals surface area contributed by atoms with Crippen LogP contribution in [0.4, 0.5) is 0 Å². The average Bonchev–Trinajstić information content (AvgIpc) is 3.29. The smallest absolute Gasteiger partial charge is 0.338 e. The fraction of sp³-hybridized carbons (Fsp3) is 0.413. The second-order valence-electron chi connectivity index (χ2n) is 14.6. The summed E-state index contributed by atoms with van der Waals surface area (Å²) >= 11 is 0. The summed E-state index contributed by atoms with van der Waals surface area (Å²) in [5, 5.41) is 4.16. The molecule has 4 aromatic carbocycles. The molecule has 2 aliphatic rings. The predicted molar refractivity (Wildman–Crippen MR) is 222 cm³/mol. The van der Waals surface area contributed by atoms with Crippen LogP contribution in [0, 0.1) is 0 Å². The van der Waals surface area contributed by atoms with Crippen molar-refractivity contribution in [3.63, 3.8) is 0 Å². The van der Waals surface area contributed by atoms with Crippen LogP contribution in [0.25, 0.3) is 10.4 Å². The Hall–Kier alpha value is -5.88. The van der Waals surface area contributed by atoms with E-state index in [4.69, 9.17) is 52.1 Å². The highest BCUT2D eigenvalue weighted by Crippen LogP contribution is 2.36. The van der Waals surface area contributed by atoms with Crippen molar-refractivity contribution < 1.29 is 66.5 Å². The number of benzene rings is 4. The Balaban J connectivity index is 1.41. The molecule has 0 aromatic heterocycles. The number of carbonyl (C=O) groups is 3. The molecule has 0 saturated carbocycles. The van der Waals surface area contributed by atoms with Gasteiger partial charge in [-0.2, -0.15) is 0 Å². The second kappa shape index (κ2) is 23.5. The van der Waals surface area contributed by atoms with Crippen molar-refractivity contribution >= 4 is 17.9 Å². The Labute approximate surface area is 364 Å². The molecule has 0 amide bonds. The summed E-state index contributed by atoms with van der Waals surface area (Å²) in [6.45, 7) is 2.52. The maximum Gasteiger partial charge on any atom is 0.338 e. The van der Waals surface area contributed by atoms with Crippen LogP contribution in [0.15, 0.2) is 120 Å². The van der Waals surface area contributed by atoms with Gasteiger partial charge in [0.1, 0.15) is 42.3 Å². The normalized spacial score (nSPS) is 25.5. The molecule has 0 N–H and O–H groups in total. The Kier molecular flexibility index (Phi) is 17.4. The van der Waals surface area contributed by atoms with Gasteiger partial charge in [0.05, 0.1) is 47.3 Å². The van der Waals surface area contributed by atoms with E-state index in [0.29, 0.717) is 11.3 Å². The molecule has 2 saturated heterocycles. The third-order valence-corrected chi connectivity index (χ3v) is 10.2. The molecule has 334 valence electrons. The summed E-state index contributed by atoms with van der Waals surface area (Å²) < 4.78 is 67.1. The first-order valence-corrected chi connectivity index (χ1v) is 20.3. The Morgan fingerprint density at radius 1 is 0.603 bits per heavy atom. The molecular formula is C46H51N3O14. The van der Waals surface area contributed by atoms with Crippen LogP contribution in [0.3, 0.4) is 0 Å². The first-order valence-electron chi connectivity index (χ1n) is 20.3. The summed E-state index contributed by atoms with van der Waals surface area (Å²) in [5.41, 5.74) is 13.3. The Bertz CT molecular complexity index is 2090. The molecule has 0 radical (unpaired) electrons. The molecule has 6 rings (SSSR count). The minimum absolute atomic E-state index is 0.0592. The van der Waals surface area contributed by atoms with Crippen molar-refractivity contribution in [2.24, 2.45) is 5.11 Å². The minimum atomic E-state index is -1.66. The van der Waals surface area contributed by atoms with Gasteiger partial charge in [-0.05, 0) is 39.9 Å². The Morgan fingerprint density at radius 2 is 1.13 bits per heavy atom. The lowest BCUT2D eigenvalue weighted by Crippen LogP contribution is -2.66. The van der Waals surface area contributed by atoms with Gasteiger partial charge in [-0.1, -0.05) is 108 Å². The number of esters is 3. The van der Waals surface area contributed by atoms with Gasteiger partial charge >= 0.3 is 17.9 Å². The van der Waals surface area contributed by atoms with Crippen LogP contribution in [0.2, 0.25) is 0 Å². The third kappa shape index (κ3) is 13.1. The molecule has 63 heavy (non-hydrogen) atoms. The SMILES string of the molecule is COC(=O)C1O[C@H](OC(C)=O)C(OC(C)=O)[C@H](OCc2ccccc2)[C@@H]1O[C@H]1OC(COCc2ccccc2)[C@@H](OCc2ccc(OC)cc2)[C@@H](OCc2ccccc2)C1N=[N+]=[N-]. The van der Waals surface area contributed by atoms with Crippen LogP contribution in [-0.4, -0.2) is 100 Å². The summed E-state index contributed by atoms with van der Waals surface area (Å²) in [6, 6.07) is 34.0. The minimum Gasteiger partial charge on any atom is -0.497 e. The highest BCUT2D eigenvalue weighted by Gasteiger charge is 2.57. The molecule has 0 spiro atoms. The van der Waals surface area contributed by atoms with Gasteiger partial charge in [0.2, 0.25) is 6.29 Å². The fourth-order valence-corrected chi connectivity index (χ4v) is 7.21. The maximum atomic E-state index is 13.7. The van der Waals surface area contributed by atoms with Crippen molar-refractivity contribution in [2.45, 2.75) is 102 Å². The third-order valence-electron chi connectivity index (χ3n) is 10.2. The molecular weight excluding hydrogens is 819 g/mol. The molecule has 17 heteroatoms. The van der Waals surface area contributed by atoms with Gasteiger partial charge in [0, 0.05) is 18.8 Å². The first kappa shape index (κ1) is 46.6. The van der Waals surface area contributed by atoms with Gasteiger partial charge < -0.3 is 52.1 Å². The predicted octanol–water partition coefficient (Wildman–Crippen LogP) is 6.15. The van der Waals surface area contributed by atoms with E-state index >= 15 is 0 Å². The van der Waals surface area contributed by atoms with Crippen molar-refractivity contribution in [1.29, 1.82) is 0 Å². The fourth-order valence-electron chi connectivity index (χ4n) is 7.21. The lowest BCUT2D eigenvalue weighted by molar-refractivity contribution is -0.346. The molecule has 17 nitrogen and oxygen atoms in total. The number of methoxy groups -OCH3 is 2. The van der Waals surface area contributed by atoms with Gasteiger partial charge in [-0.25, -0.2) is 4.79 Å². The standard InChI is InChI=1S/C46H51N3O14/c1-29(50)59-43-40(58-26-33-18-12-7-13-19-33)41(42(44(52)54-4)63-46(43)60-30(2)51)62-45-37(48-49-47)39(57-25-32-16-10-6-11-17-32)38(56-27-34-20-22-35(53-3)23-21-34)36(61-45)28-55-24-31-14-8-5-9-15-31/h5-23,36-43,45-46H,24-28H2,1-4H3/t36?,37?,38-,39+,40-,41+,42?,43?,45-,46+/m1/s1. The quantitative estimate of drug-likeness (QED) is 0.0322. The number of ether oxygens (including phenoxy) is 11. The number of rotatable bonds is 20. The zero-order valence-corrected chi connectivity index (χ0v) is 35.3. The number of hydrogen-bond donors (Lipinski definition) is 0. The first-order chi connectivity index (χ1) is 30.7. The van der Waals surface area contributed by atoms with E-state index in [2.05, 4.69) is 10.0 Å². The summed E-state index contributed by atoms with van der Waals surface area (Å²) in [6.07, 6.45) is -12.1. The zero-order chi connectivity index (χ0) is 44.6. The largest absolute Gasteiger partial charge is 0.497 e. The van der Waals surface area contributed by atoms with Gasteiger partial charge in [-0.15, -0.1) is 0 Å². The molecule has 10 atom stereocenters. The molecule has 2 heterocycles. The zero-order valence-electron chi connectivity index (χ0n) is 35.3. The van der Waals surface area contributed by atoms with Crippen molar-refractivity contribution in [2.75, 3.05) is 20.8 Å². The van der Waals surface area contributed by atoms with Crippen LogP contribution < -0.4 is 4.74 Å². The summed E-state index contributed by atoms with van der Waals surface area (Å²) in [4.78, 5) is 41.8. The highest BCUT2D eigenvalue weighted by molar-refractivity contribution is 5.76. The van der Waals surface area contributed by atoms with Crippen LogP contribution >= 0.6 is 0 Å². The Morgan fingerprint density at radius 3 is 1.65 bits per heavy atom. The molecule has 2 aliphatic heterocycles. The second-order valence-corrected chi connectivity index (χ2v) is 14.6. The lowest BCUT2D eigenvalue weighted by Gasteiger charge is -2.48. The molecule has 4 aromatic rings. The molecule has 0 aliphatic carbocycles. The van der Waals surface area contributed by atoms with Gasteiger partial charge in [-0.3, -0.25) is 9.59 Å². The van der Waals surface area contributed by atoms with Crippen LogP contribution in [0.5, 0.6) is 5.75 Å². The average molecular weight is 870 g/mol. The van der Waals surface area contributed by atoms with E-state index in [9.17, 15) is 19.9 Å². The lowest BCUT2D eigenvalue weighted by atomic mass is 9.95. The van der Waals surface area contributed by atoms with E-state index in [-0.39, 0.29) is 33.0 Å². The topological polar surface area (TPSA) is 201 Å². The van der Waals surface area contributed by atoms with Crippen molar-refractivity contribution in [3.8, 4) is 5.75 Å². The van der Waals surface area contributed by atoms with Crippen LogP contribution in [-0.2, 0) is 88.2 Å². The van der Waals surface area contributed by atoms with E-state index in [1.54, 1.807) is 19.2 Å². The highest BCUT2D eigenvalue weighted by atomic mass is 16.8. The molecule has 0 bridgehead atoms. The number of carbonyl (C=O) groups excluding carboxylic acids is 3. The van der Waals surface area contributed by atoms with Crippen LogP contribution in [0.1, 0.15) is 36.1 Å². The maximum absolute atomic E-state index is 13.7. The van der Waals surface area contributed by atoms with Gasteiger partial charge in [0.25, 0.3) is 0 Å². The van der Waals surface area contributed by atoms with E-state index in [1.165, 1.54) is 0 Å². The van der Waals surface area contributed by atoms with Crippen molar-refractivity contribution in [1.82, 2.24) is 0 Å². The number of nitrogens with zero attached hydrogens (tertiary/aromatic N) is 3.